The fourth-order valence-electron chi connectivity index (χ4n) is 2.77. The van der Waals surface area contributed by atoms with Gasteiger partial charge in [-0.05, 0) is 31.2 Å². The lowest BCUT2D eigenvalue weighted by atomic mass is 10.2. The molecule has 0 bridgehead atoms. The largest absolute Gasteiger partial charge is 0.495 e. The second-order valence-electron chi connectivity index (χ2n) is 5.75. The summed E-state index contributed by atoms with van der Waals surface area (Å²) in [5.74, 6) is 0.333. The van der Waals surface area contributed by atoms with Crippen LogP contribution in [0.3, 0.4) is 0 Å². The number of unbranched alkanes of at least 4 members (excludes halogenated alkanes) is 2. The molecule has 5 nitrogen and oxygen atoms in total. The third kappa shape index (κ3) is 4.59. The van der Waals surface area contributed by atoms with Crippen molar-refractivity contribution < 1.29 is 13.2 Å². The fraction of sp³-hybridized carbons (Fsp3) is 0.625. The highest BCUT2D eigenvalue weighted by atomic mass is 35.5. The predicted molar refractivity (Wildman–Crippen MR) is 92.7 cm³/mol. The average Bonchev–Trinajstić information content (AvgIpc) is 2.55. The summed E-state index contributed by atoms with van der Waals surface area (Å²) in [5, 5.41) is 0.391. The van der Waals surface area contributed by atoms with Gasteiger partial charge < -0.3 is 9.64 Å². The molecule has 1 heterocycles. The molecule has 23 heavy (non-hydrogen) atoms. The Morgan fingerprint density at radius 3 is 2.48 bits per heavy atom. The van der Waals surface area contributed by atoms with Crippen LogP contribution in [0.2, 0.25) is 5.02 Å². The van der Waals surface area contributed by atoms with Gasteiger partial charge >= 0.3 is 0 Å². The Balaban J connectivity index is 2.06. The van der Waals surface area contributed by atoms with Gasteiger partial charge in [-0.1, -0.05) is 31.4 Å². The quantitative estimate of drug-likeness (QED) is 0.701. The number of hydrogen-bond donors (Lipinski definition) is 0. The van der Waals surface area contributed by atoms with Crippen molar-refractivity contribution in [3.05, 3.63) is 23.2 Å². The summed E-state index contributed by atoms with van der Waals surface area (Å²) < 4.78 is 32.4. The SMILES string of the molecule is CCCCCN1CCN(S(=O)(=O)c2cc(Cl)ccc2OC)CC1. The maximum absolute atomic E-state index is 12.9. The van der Waals surface area contributed by atoms with Crippen molar-refractivity contribution in [3.63, 3.8) is 0 Å². The smallest absolute Gasteiger partial charge is 0.246 e. The van der Waals surface area contributed by atoms with Gasteiger partial charge in [0.05, 0.1) is 7.11 Å². The minimum atomic E-state index is -3.58. The topological polar surface area (TPSA) is 49.9 Å². The lowest BCUT2D eigenvalue weighted by Gasteiger charge is -2.34. The first-order valence-electron chi connectivity index (χ1n) is 8.05. The van der Waals surface area contributed by atoms with Crippen molar-refractivity contribution in [1.29, 1.82) is 0 Å². The van der Waals surface area contributed by atoms with Crippen LogP contribution in [0.25, 0.3) is 0 Å². The van der Waals surface area contributed by atoms with Crippen LogP contribution in [-0.2, 0) is 10.0 Å². The number of halogens is 1. The van der Waals surface area contributed by atoms with E-state index in [9.17, 15) is 8.42 Å². The molecule has 130 valence electrons. The molecule has 0 amide bonds. The zero-order chi connectivity index (χ0) is 16.9. The van der Waals surface area contributed by atoms with Gasteiger partial charge in [-0.25, -0.2) is 8.42 Å². The minimum absolute atomic E-state index is 0.145. The van der Waals surface area contributed by atoms with Crippen LogP contribution in [0.4, 0.5) is 0 Å². The number of rotatable bonds is 7. The van der Waals surface area contributed by atoms with Gasteiger partial charge in [-0.15, -0.1) is 0 Å². The Bertz CT molecular complexity index is 614. The Morgan fingerprint density at radius 1 is 1.17 bits per heavy atom. The monoisotopic (exact) mass is 360 g/mol. The van der Waals surface area contributed by atoms with Gasteiger partial charge in [0.2, 0.25) is 10.0 Å². The highest BCUT2D eigenvalue weighted by Gasteiger charge is 2.30. The Kier molecular flexibility index (Phi) is 6.71. The molecular formula is C16H25ClN2O3S. The maximum atomic E-state index is 12.9. The van der Waals surface area contributed by atoms with Gasteiger partial charge in [-0.2, -0.15) is 4.31 Å². The van der Waals surface area contributed by atoms with E-state index in [0.29, 0.717) is 23.9 Å². The predicted octanol–water partition coefficient (Wildman–Crippen LogP) is 2.85. The molecule has 7 heteroatoms. The Hall–Kier alpha value is -0.820. The van der Waals surface area contributed by atoms with E-state index in [0.717, 1.165) is 19.6 Å². The summed E-state index contributed by atoms with van der Waals surface area (Å²) in [6.45, 7) is 5.77. The lowest BCUT2D eigenvalue weighted by Crippen LogP contribution is -2.48. The van der Waals surface area contributed by atoms with Gasteiger partial charge in [0.25, 0.3) is 0 Å². The number of benzene rings is 1. The van der Waals surface area contributed by atoms with Gasteiger partial charge in [0.15, 0.2) is 0 Å². The fourth-order valence-corrected chi connectivity index (χ4v) is 4.61. The summed E-state index contributed by atoms with van der Waals surface area (Å²) >= 11 is 5.97. The van der Waals surface area contributed by atoms with Crippen LogP contribution in [0, 0.1) is 0 Å². The minimum Gasteiger partial charge on any atom is -0.495 e. The molecule has 0 atom stereocenters. The van der Waals surface area contributed by atoms with Crippen molar-refractivity contribution >= 4 is 21.6 Å². The van der Waals surface area contributed by atoms with E-state index >= 15 is 0 Å². The number of methoxy groups -OCH3 is 1. The van der Waals surface area contributed by atoms with Crippen molar-refractivity contribution in [2.45, 2.75) is 31.1 Å². The third-order valence-electron chi connectivity index (χ3n) is 4.15. The van der Waals surface area contributed by atoms with Crippen molar-refractivity contribution in [1.82, 2.24) is 9.21 Å². The maximum Gasteiger partial charge on any atom is 0.246 e. The zero-order valence-corrected chi connectivity index (χ0v) is 15.4. The number of sulfonamides is 1. The van der Waals surface area contributed by atoms with E-state index in [4.69, 9.17) is 16.3 Å². The molecule has 1 aromatic carbocycles. The second kappa shape index (κ2) is 8.33. The Labute approximate surface area is 144 Å². The molecule has 1 saturated heterocycles. The molecule has 1 fully saturated rings. The number of hydrogen-bond acceptors (Lipinski definition) is 4. The zero-order valence-electron chi connectivity index (χ0n) is 13.8. The van der Waals surface area contributed by atoms with Crippen LogP contribution >= 0.6 is 11.6 Å². The van der Waals surface area contributed by atoms with Crippen molar-refractivity contribution in [2.75, 3.05) is 39.8 Å². The summed E-state index contributed by atoms with van der Waals surface area (Å²) in [6.07, 6.45) is 3.59. The highest BCUT2D eigenvalue weighted by Crippen LogP contribution is 2.30. The standard InChI is InChI=1S/C16H25ClN2O3S/c1-3-4-5-8-18-9-11-19(12-10-18)23(20,21)16-13-14(17)6-7-15(16)22-2/h6-7,13H,3-5,8-12H2,1-2H3. The molecule has 0 N–H and O–H groups in total. The molecular weight excluding hydrogens is 336 g/mol. The van der Waals surface area contributed by atoms with E-state index in [1.165, 1.54) is 36.7 Å². The summed E-state index contributed by atoms with van der Waals surface area (Å²) in [6, 6.07) is 4.69. The number of piperazine rings is 1. The third-order valence-corrected chi connectivity index (χ3v) is 6.31. The van der Waals surface area contributed by atoms with E-state index in [1.54, 1.807) is 12.1 Å². The van der Waals surface area contributed by atoms with Gasteiger partial charge in [0.1, 0.15) is 10.6 Å². The van der Waals surface area contributed by atoms with E-state index in [2.05, 4.69) is 11.8 Å². The second-order valence-corrected chi connectivity index (χ2v) is 8.09. The summed E-state index contributed by atoms with van der Waals surface area (Å²) in [5.41, 5.74) is 0. The average molecular weight is 361 g/mol. The summed E-state index contributed by atoms with van der Waals surface area (Å²) in [7, 11) is -2.11. The normalized spacial score (nSPS) is 17.3. The number of nitrogens with zero attached hydrogens (tertiary/aromatic N) is 2. The molecule has 0 saturated carbocycles. The molecule has 0 aliphatic carbocycles. The first-order chi connectivity index (χ1) is 11.0. The molecule has 0 unspecified atom stereocenters. The van der Waals surface area contributed by atoms with Gasteiger partial charge in [0, 0.05) is 31.2 Å². The molecule has 0 spiro atoms. The molecule has 1 aromatic rings. The molecule has 0 aromatic heterocycles. The molecule has 0 radical (unpaired) electrons. The Morgan fingerprint density at radius 2 is 1.87 bits per heavy atom. The van der Waals surface area contributed by atoms with Crippen LogP contribution in [0.5, 0.6) is 5.75 Å². The summed E-state index contributed by atoms with van der Waals surface area (Å²) in [4.78, 5) is 2.48. The van der Waals surface area contributed by atoms with Gasteiger partial charge in [-0.3, -0.25) is 0 Å². The van der Waals surface area contributed by atoms with Crippen LogP contribution < -0.4 is 4.74 Å². The highest BCUT2D eigenvalue weighted by molar-refractivity contribution is 7.89. The molecule has 1 aliphatic heterocycles. The van der Waals surface area contributed by atoms with Crippen LogP contribution in [-0.4, -0.2) is 57.5 Å². The molecule has 1 aliphatic rings. The van der Waals surface area contributed by atoms with Crippen LogP contribution in [0.15, 0.2) is 23.1 Å². The number of ether oxygens (including phenoxy) is 1. The van der Waals surface area contributed by atoms with E-state index in [-0.39, 0.29) is 4.90 Å². The first-order valence-corrected chi connectivity index (χ1v) is 9.87. The van der Waals surface area contributed by atoms with Crippen LogP contribution in [0.1, 0.15) is 26.2 Å². The van der Waals surface area contributed by atoms with E-state index < -0.39 is 10.0 Å². The molecule has 2 rings (SSSR count). The lowest BCUT2D eigenvalue weighted by molar-refractivity contribution is 0.185. The van der Waals surface area contributed by atoms with Crippen molar-refractivity contribution in [2.24, 2.45) is 0 Å². The van der Waals surface area contributed by atoms with Crippen molar-refractivity contribution in [3.8, 4) is 5.75 Å². The first kappa shape index (κ1) is 18.5. The van der Waals surface area contributed by atoms with E-state index in [1.807, 2.05) is 0 Å².